The topological polar surface area (TPSA) is 109 Å². The number of aromatic amines is 1. The van der Waals surface area contributed by atoms with Gasteiger partial charge in [-0.25, -0.2) is 14.6 Å². The Balaban J connectivity index is 1.45. The maximum atomic E-state index is 11.9. The van der Waals surface area contributed by atoms with Gasteiger partial charge < -0.3 is 9.47 Å². The van der Waals surface area contributed by atoms with Crippen molar-refractivity contribution in [3.8, 4) is 0 Å². The van der Waals surface area contributed by atoms with Crippen molar-refractivity contribution in [1.29, 1.82) is 0 Å². The normalized spacial score (nSPS) is 18.7. The number of carbonyl (C=O) groups excluding carboxylic acids is 2. The van der Waals surface area contributed by atoms with Gasteiger partial charge >= 0.3 is 12.2 Å². The molecule has 3 N–H and O–H groups in total. The van der Waals surface area contributed by atoms with Crippen LogP contribution in [0.2, 0.25) is 0 Å². The van der Waals surface area contributed by atoms with Crippen LogP contribution < -0.4 is 10.7 Å². The van der Waals surface area contributed by atoms with Crippen LogP contribution in [0.1, 0.15) is 36.4 Å². The molecule has 1 aliphatic carbocycles. The second-order valence-corrected chi connectivity index (χ2v) is 6.94. The molecule has 1 aliphatic rings. The van der Waals surface area contributed by atoms with Crippen LogP contribution in [0.3, 0.4) is 0 Å². The minimum Gasteiger partial charge on any atom is -0.445 e. The van der Waals surface area contributed by atoms with Crippen molar-refractivity contribution in [2.75, 3.05) is 19.4 Å². The first-order valence-corrected chi connectivity index (χ1v) is 9.17. The summed E-state index contributed by atoms with van der Waals surface area (Å²) < 4.78 is 10.6. The van der Waals surface area contributed by atoms with Crippen molar-refractivity contribution in [1.82, 2.24) is 20.6 Å². The van der Waals surface area contributed by atoms with Gasteiger partial charge in [-0.2, -0.15) is 5.10 Å². The number of hydrogen-bond donors (Lipinski definition) is 3. The maximum Gasteiger partial charge on any atom is 0.422 e. The lowest BCUT2D eigenvalue weighted by Crippen LogP contribution is -2.38. The van der Waals surface area contributed by atoms with Gasteiger partial charge in [-0.05, 0) is 24.8 Å². The lowest BCUT2D eigenvalue weighted by molar-refractivity contribution is 0.0823. The van der Waals surface area contributed by atoms with Crippen molar-refractivity contribution in [3.05, 3.63) is 47.7 Å². The highest BCUT2D eigenvalue weighted by Gasteiger charge is 2.30. The Labute approximate surface area is 163 Å². The number of rotatable bonds is 6. The molecule has 9 heteroatoms. The third-order valence-electron chi connectivity index (χ3n) is 4.45. The van der Waals surface area contributed by atoms with Crippen LogP contribution in [0.4, 0.5) is 15.4 Å². The molecular weight excluding hydrogens is 362 g/mol. The molecule has 0 aliphatic heterocycles. The zero-order chi connectivity index (χ0) is 19.9. The Morgan fingerprint density at radius 3 is 2.75 bits per heavy atom. The molecule has 28 heavy (non-hydrogen) atoms. The minimum atomic E-state index is -0.560. The highest BCUT2D eigenvalue weighted by atomic mass is 16.6. The molecule has 2 amide bonds. The van der Waals surface area contributed by atoms with E-state index >= 15 is 0 Å². The van der Waals surface area contributed by atoms with E-state index in [9.17, 15) is 9.59 Å². The fraction of sp³-hybridized carbons (Fsp3) is 0.421. The third kappa shape index (κ3) is 5.71. The summed E-state index contributed by atoms with van der Waals surface area (Å²) in [6.45, 7) is 0.195. The van der Waals surface area contributed by atoms with Crippen molar-refractivity contribution < 1.29 is 19.1 Å². The van der Waals surface area contributed by atoms with Gasteiger partial charge in [0.25, 0.3) is 0 Å². The number of amides is 2. The summed E-state index contributed by atoms with van der Waals surface area (Å²) >= 11 is 0. The predicted molar refractivity (Wildman–Crippen MR) is 103 cm³/mol. The molecule has 9 nitrogen and oxygen atoms in total. The van der Waals surface area contributed by atoms with Crippen molar-refractivity contribution in [2.24, 2.45) is 0 Å². The molecule has 0 spiro atoms. The molecule has 1 aromatic carbocycles. The van der Waals surface area contributed by atoms with Crippen LogP contribution >= 0.6 is 0 Å². The summed E-state index contributed by atoms with van der Waals surface area (Å²) in [4.78, 5) is 23.6. The van der Waals surface area contributed by atoms with Gasteiger partial charge in [-0.3, -0.25) is 15.8 Å². The summed E-state index contributed by atoms with van der Waals surface area (Å²) in [6, 6.07) is 11.2. The van der Waals surface area contributed by atoms with Gasteiger partial charge in [-0.15, -0.1) is 0 Å². The van der Waals surface area contributed by atoms with Crippen LogP contribution in [0.25, 0.3) is 0 Å². The Morgan fingerprint density at radius 2 is 2.00 bits per heavy atom. The van der Waals surface area contributed by atoms with Crippen molar-refractivity contribution >= 4 is 18.0 Å². The summed E-state index contributed by atoms with van der Waals surface area (Å²) in [5, 5.41) is 11.2. The second-order valence-electron chi connectivity index (χ2n) is 6.94. The molecule has 2 atom stereocenters. The van der Waals surface area contributed by atoms with E-state index in [1.165, 1.54) is 0 Å². The van der Waals surface area contributed by atoms with Gasteiger partial charge in [0.15, 0.2) is 5.82 Å². The van der Waals surface area contributed by atoms with Crippen molar-refractivity contribution in [2.45, 2.75) is 37.9 Å². The minimum absolute atomic E-state index is 0.138. The summed E-state index contributed by atoms with van der Waals surface area (Å²) in [5.74, 6) is 0.600. The molecule has 1 saturated carbocycles. The number of anilines is 1. The standard InChI is InChI=1S/C19H25N5O4/c1-24(2)23-19(26)28-15-9-8-14(10-15)16-11-17(22-21-16)20-18(25)27-12-13-6-4-3-5-7-13/h3-7,11,14-15H,8-10,12H2,1-2H3,(H,23,26)(H2,20,21,22,25)/t14-,15+/m0/s1. The zero-order valence-electron chi connectivity index (χ0n) is 16.0. The number of ether oxygens (including phenoxy) is 2. The molecular formula is C19H25N5O4. The van der Waals surface area contributed by atoms with Gasteiger partial charge in [0.2, 0.25) is 0 Å². The van der Waals surface area contributed by atoms with Crippen LogP contribution in [0.15, 0.2) is 36.4 Å². The van der Waals surface area contributed by atoms with E-state index in [0.29, 0.717) is 12.2 Å². The SMILES string of the molecule is CN(C)NC(=O)O[C@@H]1CC[C@H](c2cc(NC(=O)OCc3ccccc3)n[nH]2)C1. The number of H-pyrrole nitrogens is 1. The molecule has 0 saturated heterocycles. The van der Waals surface area contributed by atoms with E-state index < -0.39 is 12.2 Å². The highest BCUT2D eigenvalue weighted by molar-refractivity contribution is 5.83. The van der Waals surface area contributed by atoms with Crippen LogP contribution in [-0.2, 0) is 16.1 Å². The average Bonchev–Trinajstić information content (AvgIpc) is 3.29. The summed E-state index contributed by atoms with van der Waals surface area (Å²) in [6.07, 6.45) is 1.21. The van der Waals surface area contributed by atoms with Crippen molar-refractivity contribution in [3.63, 3.8) is 0 Å². The van der Waals surface area contributed by atoms with Gasteiger partial charge in [0, 0.05) is 31.8 Å². The molecule has 0 unspecified atom stereocenters. The van der Waals surface area contributed by atoms with Gasteiger partial charge in [-0.1, -0.05) is 30.3 Å². The highest BCUT2D eigenvalue weighted by Crippen LogP contribution is 2.35. The van der Waals surface area contributed by atoms with E-state index in [1.807, 2.05) is 30.3 Å². The quantitative estimate of drug-likeness (QED) is 0.658. The summed E-state index contributed by atoms with van der Waals surface area (Å²) in [5.41, 5.74) is 4.38. The van der Waals surface area contributed by atoms with E-state index in [0.717, 1.165) is 24.1 Å². The number of hydrogen-bond acceptors (Lipinski definition) is 6. The van der Waals surface area contributed by atoms with E-state index in [4.69, 9.17) is 9.47 Å². The number of aromatic nitrogens is 2. The number of benzene rings is 1. The Hall–Kier alpha value is -3.07. The lowest BCUT2D eigenvalue weighted by Gasteiger charge is -2.16. The Bertz CT molecular complexity index is 793. The fourth-order valence-corrected chi connectivity index (χ4v) is 3.16. The lowest BCUT2D eigenvalue weighted by atomic mass is 10.0. The third-order valence-corrected chi connectivity index (χ3v) is 4.45. The van der Waals surface area contributed by atoms with E-state index in [1.54, 1.807) is 25.2 Å². The number of nitrogens with zero attached hydrogens (tertiary/aromatic N) is 2. The first-order chi connectivity index (χ1) is 13.5. The average molecular weight is 387 g/mol. The largest absolute Gasteiger partial charge is 0.445 e. The first-order valence-electron chi connectivity index (χ1n) is 9.17. The summed E-state index contributed by atoms with van der Waals surface area (Å²) in [7, 11) is 3.45. The molecule has 2 aromatic rings. The molecule has 1 fully saturated rings. The van der Waals surface area contributed by atoms with E-state index in [2.05, 4.69) is 20.9 Å². The molecule has 150 valence electrons. The molecule has 0 bridgehead atoms. The predicted octanol–water partition coefficient (Wildman–Crippen LogP) is 3.00. The smallest absolute Gasteiger partial charge is 0.422 e. The molecule has 3 rings (SSSR count). The Kier molecular flexibility index (Phi) is 6.49. The van der Waals surface area contributed by atoms with Gasteiger partial charge in [0.1, 0.15) is 12.7 Å². The molecule has 0 radical (unpaired) electrons. The van der Waals surface area contributed by atoms with Crippen LogP contribution in [0.5, 0.6) is 0 Å². The molecule has 1 heterocycles. The van der Waals surface area contributed by atoms with Gasteiger partial charge in [0.05, 0.1) is 0 Å². The van der Waals surface area contributed by atoms with Crippen LogP contribution in [0, 0.1) is 0 Å². The first kappa shape index (κ1) is 19.7. The maximum absolute atomic E-state index is 11.9. The monoisotopic (exact) mass is 387 g/mol. The zero-order valence-corrected chi connectivity index (χ0v) is 16.0. The second kappa shape index (κ2) is 9.23. The number of carbonyl (C=O) groups is 2. The van der Waals surface area contributed by atoms with Crippen LogP contribution in [-0.4, -0.2) is 47.6 Å². The number of hydrazine groups is 1. The fourth-order valence-electron chi connectivity index (χ4n) is 3.16. The van der Waals surface area contributed by atoms with E-state index in [-0.39, 0.29) is 18.6 Å². The Morgan fingerprint density at radius 1 is 1.21 bits per heavy atom. The molecule has 1 aromatic heterocycles. The number of nitrogens with one attached hydrogen (secondary N) is 3.